The van der Waals surface area contributed by atoms with Crippen molar-refractivity contribution in [3.05, 3.63) is 59.1 Å². The maximum Gasteiger partial charge on any atom is 0.422 e. The molecule has 1 heterocycles. The number of aromatic nitrogens is 1. The Balaban J connectivity index is 1.70. The minimum atomic E-state index is -4.47. The third-order valence-electron chi connectivity index (χ3n) is 4.11. The molecule has 0 atom stereocenters. The molecule has 1 aromatic heterocycles. The number of amides is 1. The number of hydrogen-bond acceptors (Lipinski definition) is 5. The van der Waals surface area contributed by atoms with Crippen LogP contribution in [0.4, 0.5) is 18.9 Å². The van der Waals surface area contributed by atoms with Gasteiger partial charge in [-0.3, -0.25) is 4.79 Å². The van der Waals surface area contributed by atoms with Crippen LogP contribution in [0.2, 0.25) is 0 Å². The maximum atomic E-state index is 12.5. The zero-order valence-corrected chi connectivity index (χ0v) is 17.8. The van der Waals surface area contributed by atoms with E-state index in [9.17, 15) is 18.0 Å². The zero-order chi connectivity index (χ0) is 22.4. The molecule has 31 heavy (non-hydrogen) atoms. The molecule has 3 aromatic rings. The summed E-state index contributed by atoms with van der Waals surface area (Å²) in [5, 5.41) is 5.10. The van der Waals surface area contributed by atoms with E-state index in [-0.39, 0.29) is 17.9 Å². The lowest BCUT2D eigenvalue weighted by molar-refractivity contribution is -0.153. The summed E-state index contributed by atoms with van der Waals surface area (Å²) in [7, 11) is 0. The summed E-state index contributed by atoms with van der Waals surface area (Å²) in [5.41, 5.74) is 2.28. The predicted molar refractivity (Wildman–Crippen MR) is 114 cm³/mol. The van der Waals surface area contributed by atoms with Crippen molar-refractivity contribution in [2.24, 2.45) is 0 Å². The quantitative estimate of drug-likeness (QED) is 0.483. The lowest BCUT2D eigenvalue weighted by atomic mass is 10.2. The lowest BCUT2D eigenvalue weighted by Gasteiger charge is -2.14. The van der Waals surface area contributed by atoms with E-state index in [0.717, 1.165) is 10.6 Å². The Kier molecular flexibility index (Phi) is 7.17. The number of aryl methyl sites for hydroxylation is 1. The molecule has 0 saturated heterocycles. The third kappa shape index (κ3) is 6.45. The molecule has 0 spiro atoms. The number of alkyl halides is 3. The van der Waals surface area contributed by atoms with Gasteiger partial charge in [-0.25, -0.2) is 4.98 Å². The van der Waals surface area contributed by atoms with E-state index in [4.69, 9.17) is 9.47 Å². The van der Waals surface area contributed by atoms with Crippen LogP contribution in [0.1, 0.15) is 18.2 Å². The Morgan fingerprint density at radius 3 is 2.65 bits per heavy atom. The van der Waals surface area contributed by atoms with Crippen LogP contribution in [0, 0.1) is 6.92 Å². The number of hydrogen-bond donors (Lipinski definition) is 1. The van der Waals surface area contributed by atoms with Crippen molar-refractivity contribution < 1.29 is 27.4 Å². The van der Waals surface area contributed by atoms with Crippen LogP contribution in [0.5, 0.6) is 11.5 Å². The highest BCUT2D eigenvalue weighted by atomic mass is 32.1. The highest BCUT2D eigenvalue weighted by Crippen LogP contribution is 2.32. The average Bonchev–Trinajstić information content (AvgIpc) is 3.16. The fraction of sp³-hybridized carbons (Fsp3) is 0.273. The Morgan fingerprint density at radius 2 is 1.90 bits per heavy atom. The van der Waals surface area contributed by atoms with Gasteiger partial charge in [-0.2, -0.15) is 13.2 Å². The first-order valence-corrected chi connectivity index (χ1v) is 10.4. The summed E-state index contributed by atoms with van der Waals surface area (Å²) in [6, 6.07) is 12.1. The third-order valence-corrected chi connectivity index (χ3v) is 5.04. The van der Waals surface area contributed by atoms with E-state index in [0.29, 0.717) is 23.6 Å². The molecule has 5 nitrogen and oxygen atoms in total. The van der Waals surface area contributed by atoms with Crippen LogP contribution in [-0.4, -0.2) is 30.3 Å². The molecular weight excluding hydrogens is 429 g/mol. The van der Waals surface area contributed by atoms with Gasteiger partial charge in [0.2, 0.25) is 5.91 Å². The number of halogens is 3. The van der Waals surface area contributed by atoms with E-state index in [2.05, 4.69) is 10.3 Å². The largest absolute Gasteiger partial charge is 0.493 e. The SMILES string of the molecule is CCOc1ccccc1-c1nc(CC(=O)Nc2ccc(C)cc2OCC(F)(F)F)cs1. The van der Waals surface area contributed by atoms with E-state index in [1.54, 1.807) is 18.4 Å². The highest BCUT2D eigenvalue weighted by Gasteiger charge is 2.29. The second-order valence-electron chi connectivity index (χ2n) is 6.70. The van der Waals surface area contributed by atoms with Crippen molar-refractivity contribution >= 4 is 22.9 Å². The van der Waals surface area contributed by atoms with Gasteiger partial charge in [0, 0.05) is 5.38 Å². The molecule has 0 unspecified atom stereocenters. The summed E-state index contributed by atoms with van der Waals surface area (Å²) in [6.45, 7) is 2.70. The number of para-hydroxylation sites is 1. The number of carbonyl (C=O) groups is 1. The van der Waals surface area contributed by atoms with Crippen LogP contribution in [0.25, 0.3) is 10.6 Å². The number of ether oxygens (including phenoxy) is 2. The molecule has 3 rings (SSSR count). The minimum absolute atomic E-state index is 0.0279. The molecule has 0 radical (unpaired) electrons. The summed E-state index contributed by atoms with van der Waals surface area (Å²) in [6.07, 6.45) is -4.50. The number of carbonyl (C=O) groups excluding carboxylic acids is 1. The Hall–Kier alpha value is -3.07. The van der Waals surface area contributed by atoms with Gasteiger partial charge in [-0.1, -0.05) is 18.2 Å². The molecule has 9 heteroatoms. The molecule has 0 bridgehead atoms. The van der Waals surface area contributed by atoms with Crippen LogP contribution < -0.4 is 14.8 Å². The highest BCUT2D eigenvalue weighted by molar-refractivity contribution is 7.13. The van der Waals surface area contributed by atoms with Gasteiger partial charge in [-0.05, 0) is 43.7 Å². The monoisotopic (exact) mass is 450 g/mol. The smallest absolute Gasteiger partial charge is 0.422 e. The molecular formula is C22H21F3N2O3S. The second kappa shape index (κ2) is 9.82. The molecule has 0 aliphatic heterocycles. The first kappa shape index (κ1) is 22.6. The van der Waals surface area contributed by atoms with Gasteiger partial charge in [0.05, 0.1) is 30.0 Å². The molecule has 0 aliphatic carbocycles. The van der Waals surface area contributed by atoms with E-state index in [1.165, 1.54) is 23.5 Å². The van der Waals surface area contributed by atoms with Gasteiger partial charge in [0.1, 0.15) is 16.5 Å². The summed E-state index contributed by atoms with van der Waals surface area (Å²) in [4.78, 5) is 17.0. The van der Waals surface area contributed by atoms with E-state index >= 15 is 0 Å². The van der Waals surface area contributed by atoms with Crippen molar-refractivity contribution in [1.29, 1.82) is 0 Å². The number of thiazole rings is 1. The standard InChI is InChI=1S/C22H21F3N2O3S/c1-3-29-18-7-5-4-6-16(18)21-26-15(12-31-21)11-20(28)27-17-9-8-14(2)10-19(17)30-13-22(23,24)25/h4-10,12H,3,11,13H2,1-2H3,(H,27,28). The molecule has 2 aromatic carbocycles. The van der Waals surface area contributed by atoms with Crippen molar-refractivity contribution in [2.75, 3.05) is 18.5 Å². The van der Waals surface area contributed by atoms with Gasteiger partial charge in [-0.15, -0.1) is 11.3 Å². The summed E-state index contributed by atoms with van der Waals surface area (Å²) in [5.74, 6) is 0.271. The first-order valence-electron chi connectivity index (χ1n) is 9.52. The Morgan fingerprint density at radius 1 is 1.13 bits per heavy atom. The van der Waals surface area contributed by atoms with Crippen molar-refractivity contribution in [1.82, 2.24) is 4.98 Å². The average molecular weight is 450 g/mol. The van der Waals surface area contributed by atoms with Crippen LogP contribution >= 0.6 is 11.3 Å². The molecule has 0 saturated carbocycles. The van der Waals surface area contributed by atoms with Crippen LogP contribution in [0.15, 0.2) is 47.8 Å². The van der Waals surface area contributed by atoms with Crippen LogP contribution in [-0.2, 0) is 11.2 Å². The van der Waals surface area contributed by atoms with Crippen molar-refractivity contribution in [3.63, 3.8) is 0 Å². The zero-order valence-electron chi connectivity index (χ0n) is 17.0. The van der Waals surface area contributed by atoms with E-state index < -0.39 is 18.7 Å². The van der Waals surface area contributed by atoms with Crippen LogP contribution in [0.3, 0.4) is 0 Å². The molecule has 0 fully saturated rings. The van der Waals surface area contributed by atoms with Gasteiger partial charge in [0.15, 0.2) is 6.61 Å². The normalized spacial score (nSPS) is 11.3. The lowest BCUT2D eigenvalue weighted by Crippen LogP contribution is -2.21. The molecule has 164 valence electrons. The predicted octanol–water partition coefficient (Wildman–Crippen LogP) is 5.64. The molecule has 1 amide bonds. The Bertz CT molecular complexity index is 1050. The van der Waals surface area contributed by atoms with Gasteiger partial charge >= 0.3 is 6.18 Å². The van der Waals surface area contributed by atoms with Crippen molar-refractivity contribution in [3.8, 4) is 22.1 Å². The number of anilines is 1. The number of rotatable bonds is 8. The van der Waals surface area contributed by atoms with Gasteiger partial charge < -0.3 is 14.8 Å². The maximum absolute atomic E-state index is 12.5. The second-order valence-corrected chi connectivity index (χ2v) is 7.56. The fourth-order valence-electron chi connectivity index (χ4n) is 2.81. The molecule has 1 N–H and O–H groups in total. The number of benzene rings is 2. The fourth-order valence-corrected chi connectivity index (χ4v) is 3.66. The minimum Gasteiger partial charge on any atom is -0.493 e. The summed E-state index contributed by atoms with van der Waals surface area (Å²) >= 11 is 1.39. The number of nitrogens with zero attached hydrogens (tertiary/aromatic N) is 1. The van der Waals surface area contributed by atoms with Gasteiger partial charge in [0.25, 0.3) is 0 Å². The molecule has 0 aliphatic rings. The summed E-state index contributed by atoms with van der Waals surface area (Å²) < 4.78 is 48.0. The van der Waals surface area contributed by atoms with E-state index in [1.807, 2.05) is 31.2 Å². The van der Waals surface area contributed by atoms with Crippen molar-refractivity contribution in [2.45, 2.75) is 26.4 Å². The first-order chi connectivity index (χ1) is 14.7. The Labute approximate surface area is 181 Å². The topological polar surface area (TPSA) is 60.5 Å². The number of nitrogens with one attached hydrogen (secondary N) is 1.